The molecule has 38 heavy (non-hydrogen) atoms. The fraction of sp³-hybridized carbons (Fsp3) is 0.533. The van der Waals surface area contributed by atoms with E-state index < -0.39 is 12.1 Å². The summed E-state index contributed by atoms with van der Waals surface area (Å²) >= 11 is 1.96. The third kappa shape index (κ3) is 7.10. The second kappa shape index (κ2) is 12.1. The fourth-order valence-electron chi connectivity index (χ4n) is 5.52. The van der Waals surface area contributed by atoms with E-state index in [-0.39, 0.29) is 35.7 Å². The molecule has 0 spiro atoms. The van der Waals surface area contributed by atoms with Crippen LogP contribution < -0.4 is 10.6 Å². The summed E-state index contributed by atoms with van der Waals surface area (Å²) in [4.78, 5) is 28.8. The number of aliphatic hydroxyl groups is 1. The molecule has 2 saturated heterocycles. The van der Waals surface area contributed by atoms with Gasteiger partial charge in [0.2, 0.25) is 5.91 Å². The van der Waals surface area contributed by atoms with Crippen molar-refractivity contribution in [2.75, 3.05) is 18.8 Å². The number of nitrogens with one attached hydrogen (secondary N) is 2. The highest BCUT2D eigenvalue weighted by molar-refractivity contribution is 8.00. The Labute approximate surface area is 230 Å². The molecule has 1 unspecified atom stereocenters. The summed E-state index contributed by atoms with van der Waals surface area (Å²) < 4.78 is 0. The van der Waals surface area contributed by atoms with E-state index in [1.165, 1.54) is 0 Å². The average molecular weight is 540 g/mol. The standard InChI is InChI=1S/C30H41N3O4S/c1-19-22(11-8-12-25(19)34)28(36)31-23(15-20-9-6-5-7-10-20)26(35)18-33-17-21-13-14-38-27(21)16-24(33)29(37)32-30(2,3)4/h5-12,21,23-24,26-27,34-35H,13-18H2,1-4H3,(H,31,36)(H,32,37)/t21-,23+,24+,26?,27+/m1/s1. The number of aromatic hydroxyl groups is 1. The molecule has 2 aromatic carbocycles. The number of aliphatic hydroxyl groups excluding tert-OH is 1. The summed E-state index contributed by atoms with van der Waals surface area (Å²) in [6, 6.07) is 13.7. The van der Waals surface area contributed by atoms with Gasteiger partial charge in [-0.15, -0.1) is 0 Å². The van der Waals surface area contributed by atoms with Crippen LogP contribution in [0.3, 0.4) is 0 Å². The molecule has 7 nitrogen and oxygen atoms in total. The molecule has 2 aromatic rings. The predicted molar refractivity (Wildman–Crippen MR) is 152 cm³/mol. The van der Waals surface area contributed by atoms with Gasteiger partial charge in [0.05, 0.1) is 18.2 Å². The summed E-state index contributed by atoms with van der Waals surface area (Å²) in [5.74, 6) is 1.32. The number of fused-ring (bicyclic) bond motifs is 1. The van der Waals surface area contributed by atoms with Crippen LogP contribution in [0.2, 0.25) is 0 Å². The SMILES string of the molecule is Cc1c(O)cccc1C(=O)N[C@@H](Cc1ccccc1)C(O)CN1C[C@H]2CCS[C@H]2C[C@H]1C(=O)NC(C)(C)C. The lowest BCUT2D eigenvalue weighted by molar-refractivity contribution is -0.130. The Morgan fingerprint density at radius 3 is 2.58 bits per heavy atom. The second-order valence-electron chi connectivity index (χ2n) is 11.7. The van der Waals surface area contributed by atoms with Crippen LogP contribution in [-0.4, -0.2) is 74.7 Å². The van der Waals surface area contributed by atoms with Crippen LogP contribution >= 0.6 is 11.8 Å². The van der Waals surface area contributed by atoms with Gasteiger partial charge in [-0.2, -0.15) is 11.8 Å². The number of phenolic OH excluding ortho intramolecular Hbond substituents is 1. The van der Waals surface area contributed by atoms with Gasteiger partial charge < -0.3 is 20.8 Å². The molecular weight excluding hydrogens is 498 g/mol. The number of thioether (sulfide) groups is 1. The molecule has 4 N–H and O–H groups in total. The summed E-state index contributed by atoms with van der Waals surface area (Å²) in [7, 11) is 0. The molecule has 2 aliphatic heterocycles. The Hall–Kier alpha value is -2.55. The molecule has 206 valence electrons. The molecule has 0 radical (unpaired) electrons. The first-order valence-electron chi connectivity index (χ1n) is 13.5. The maximum Gasteiger partial charge on any atom is 0.252 e. The molecule has 2 aliphatic rings. The van der Waals surface area contributed by atoms with Crippen molar-refractivity contribution in [3.63, 3.8) is 0 Å². The maximum atomic E-state index is 13.4. The van der Waals surface area contributed by atoms with E-state index in [1.54, 1.807) is 25.1 Å². The molecule has 2 fully saturated rings. The second-order valence-corrected chi connectivity index (χ2v) is 13.0. The highest BCUT2D eigenvalue weighted by atomic mass is 32.2. The van der Waals surface area contributed by atoms with E-state index in [0.29, 0.717) is 28.7 Å². The zero-order chi connectivity index (χ0) is 27.4. The van der Waals surface area contributed by atoms with Gasteiger partial charge in [0.1, 0.15) is 5.75 Å². The number of amides is 2. The van der Waals surface area contributed by atoms with E-state index in [4.69, 9.17) is 0 Å². The highest BCUT2D eigenvalue weighted by Gasteiger charge is 2.43. The van der Waals surface area contributed by atoms with Gasteiger partial charge in [0.15, 0.2) is 0 Å². The lowest BCUT2D eigenvalue weighted by atomic mass is 9.89. The number of carbonyl (C=O) groups is 2. The number of nitrogens with zero attached hydrogens (tertiary/aromatic N) is 1. The van der Waals surface area contributed by atoms with Crippen LogP contribution in [0.25, 0.3) is 0 Å². The molecule has 8 heteroatoms. The fourth-order valence-corrected chi connectivity index (χ4v) is 7.08. The van der Waals surface area contributed by atoms with E-state index in [0.717, 1.165) is 30.7 Å². The van der Waals surface area contributed by atoms with Crippen molar-refractivity contribution in [2.24, 2.45) is 5.92 Å². The van der Waals surface area contributed by atoms with E-state index in [1.807, 2.05) is 62.9 Å². The third-order valence-corrected chi connectivity index (χ3v) is 9.04. The van der Waals surface area contributed by atoms with Gasteiger partial charge >= 0.3 is 0 Å². The van der Waals surface area contributed by atoms with Crippen molar-refractivity contribution >= 4 is 23.6 Å². The van der Waals surface area contributed by atoms with Crippen LogP contribution in [0.4, 0.5) is 0 Å². The van der Waals surface area contributed by atoms with Crippen molar-refractivity contribution in [2.45, 2.75) is 75.9 Å². The Balaban J connectivity index is 1.55. The van der Waals surface area contributed by atoms with E-state index in [9.17, 15) is 19.8 Å². The highest BCUT2D eigenvalue weighted by Crippen LogP contribution is 2.40. The van der Waals surface area contributed by atoms with Crippen molar-refractivity contribution in [3.05, 3.63) is 65.2 Å². The molecule has 0 bridgehead atoms. The first kappa shape index (κ1) is 28.5. The number of hydrogen-bond acceptors (Lipinski definition) is 6. The molecule has 5 atom stereocenters. The van der Waals surface area contributed by atoms with Gasteiger partial charge in [-0.05, 0) is 76.3 Å². The Bertz CT molecular complexity index is 1120. The predicted octanol–water partition coefficient (Wildman–Crippen LogP) is 3.51. The quantitative estimate of drug-likeness (QED) is 0.410. The lowest BCUT2D eigenvalue weighted by Gasteiger charge is -2.43. The molecule has 0 saturated carbocycles. The molecular formula is C30H41N3O4S. The van der Waals surface area contributed by atoms with Crippen LogP contribution in [0.1, 0.15) is 55.1 Å². The number of β-amino-alcohol motifs (C(OH)–C–C–N with tert-alkyl or cyclic N) is 1. The zero-order valence-electron chi connectivity index (χ0n) is 22.8. The van der Waals surface area contributed by atoms with Gasteiger partial charge in [0, 0.05) is 35.0 Å². The van der Waals surface area contributed by atoms with Crippen LogP contribution in [0.5, 0.6) is 5.75 Å². The van der Waals surface area contributed by atoms with Crippen molar-refractivity contribution < 1.29 is 19.8 Å². The first-order chi connectivity index (χ1) is 18.0. The number of rotatable bonds is 8. The normalized spacial score (nSPS) is 23.3. The number of piperidine rings is 1. The lowest BCUT2D eigenvalue weighted by Crippen LogP contribution is -2.60. The minimum Gasteiger partial charge on any atom is -0.508 e. The molecule has 4 rings (SSSR count). The largest absolute Gasteiger partial charge is 0.508 e. The van der Waals surface area contributed by atoms with Crippen molar-refractivity contribution in [1.82, 2.24) is 15.5 Å². The summed E-state index contributed by atoms with van der Waals surface area (Å²) in [6.45, 7) is 8.69. The van der Waals surface area contributed by atoms with Crippen molar-refractivity contribution in [3.8, 4) is 5.75 Å². The van der Waals surface area contributed by atoms with Gasteiger partial charge in [-0.25, -0.2) is 0 Å². The molecule has 0 aliphatic carbocycles. The number of hydrogen-bond donors (Lipinski definition) is 4. The van der Waals surface area contributed by atoms with Gasteiger partial charge in [0.25, 0.3) is 5.91 Å². The third-order valence-electron chi connectivity index (χ3n) is 7.56. The number of phenols is 1. The smallest absolute Gasteiger partial charge is 0.252 e. The van der Waals surface area contributed by atoms with Gasteiger partial charge in [-0.3, -0.25) is 14.5 Å². The summed E-state index contributed by atoms with van der Waals surface area (Å²) in [6.07, 6.45) is 1.44. The van der Waals surface area contributed by atoms with E-state index >= 15 is 0 Å². The average Bonchev–Trinajstić information content (AvgIpc) is 3.31. The summed E-state index contributed by atoms with van der Waals surface area (Å²) in [5, 5.41) is 28.3. The number of carbonyl (C=O) groups excluding carboxylic acids is 2. The number of benzene rings is 2. The van der Waals surface area contributed by atoms with Crippen molar-refractivity contribution in [1.29, 1.82) is 0 Å². The molecule has 0 aromatic heterocycles. The van der Waals surface area contributed by atoms with Crippen LogP contribution in [0.15, 0.2) is 48.5 Å². The maximum absolute atomic E-state index is 13.4. The Morgan fingerprint density at radius 2 is 1.87 bits per heavy atom. The van der Waals surface area contributed by atoms with Gasteiger partial charge in [-0.1, -0.05) is 36.4 Å². The topological polar surface area (TPSA) is 102 Å². The monoisotopic (exact) mass is 539 g/mol. The number of likely N-dealkylation sites (tertiary alicyclic amines) is 1. The zero-order valence-corrected chi connectivity index (χ0v) is 23.6. The molecule has 2 amide bonds. The summed E-state index contributed by atoms with van der Waals surface area (Å²) in [5.41, 5.74) is 1.53. The minimum atomic E-state index is -0.896. The minimum absolute atomic E-state index is 0.00493. The Kier molecular flexibility index (Phi) is 9.06. The molecule has 2 heterocycles. The Morgan fingerprint density at radius 1 is 1.13 bits per heavy atom. The first-order valence-corrected chi connectivity index (χ1v) is 14.6. The van der Waals surface area contributed by atoms with E-state index in [2.05, 4.69) is 15.5 Å². The van der Waals surface area contributed by atoms with Crippen LogP contribution in [0, 0.1) is 12.8 Å². The van der Waals surface area contributed by atoms with Crippen LogP contribution in [-0.2, 0) is 11.2 Å².